The lowest BCUT2D eigenvalue weighted by molar-refractivity contribution is 0.102. The van der Waals surface area contributed by atoms with E-state index in [9.17, 15) is 4.79 Å². The predicted molar refractivity (Wildman–Crippen MR) is 131 cm³/mol. The summed E-state index contributed by atoms with van der Waals surface area (Å²) in [7, 11) is 0. The van der Waals surface area contributed by atoms with Crippen molar-refractivity contribution in [2.75, 3.05) is 5.32 Å². The Hall–Kier alpha value is -1.71. The van der Waals surface area contributed by atoms with Crippen LogP contribution in [0.15, 0.2) is 61.9 Å². The van der Waals surface area contributed by atoms with Crippen LogP contribution in [-0.4, -0.2) is 10.9 Å². The van der Waals surface area contributed by atoms with Crippen LogP contribution in [0.4, 0.5) is 5.69 Å². The summed E-state index contributed by atoms with van der Waals surface area (Å²) in [4.78, 5) is 17.4. The number of anilines is 1. The number of aromatic nitrogens is 1. The number of amides is 1. The second kappa shape index (κ2) is 8.20. The van der Waals surface area contributed by atoms with Gasteiger partial charge in [-0.3, -0.25) is 4.79 Å². The van der Waals surface area contributed by atoms with Crippen molar-refractivity contribution in [3.63, 3.8) is 0 Å². The number of aryl methyl sites for hydroxylation is 2. The molecular formula is C22H15Br2IN2O2. The molecule has 4 rings (SSSR count). The molecule has 4 aromatic rings. The molecule has 0 radical (unpaired) electrons. The van der Waals surface area contributed by atoms with Crippen LogP contribution in [-0.2, 0) is 0 Å². The molecule has 0 saturated heterocycles. The maximum Gasteiger partial charge on any atom is 0.256 e. The number of halogens is 3. The molecule has 0 saturated carbocycles. The Morgan fingerprint density at radius 3 is 2.59 bits per heavy atom. The molecule has 1 heterocycles. The van der Waals surface area contributed by atoms with Gasteiger partial charge < -0.3 is 9.73 Å². The van der Waals surface area contributed by atoms with Crippen molar-refractivity contribution >= 4 is 77.1 Å². The number of nitrogens with zero attached hydrogens (tertiary/aromatic N) is 1. The molecule has 1 amide bonds. The van der Waals surface area contributed by atoms with Crippen molar-refractivity contribution in [1.29, 1.82) is 0 Å². The number of fused-ring (bicyclic) bond motifs is 1. The van der Waals surface area contributed by atoms with Gasteiger partial charge >= 0.3 is 0 Å². The highest BCUT2D eigenvalue weighted by Gasteiger charge is 2.15. The molecule has 146 valence electrons. The maximum atomic E-state index is 12.8. The van der Waals surface area contributed by atoms with E-state index in [0.29, 0.717) is 28.2 Å². The van der Waals surface area contributed by atoms with Gasteiger partial charge in [0.15, 0.2) is 5.58 Å². The molecule has 0 fully saturated rings. The van der Waals surface area contributed by atoms with Crippen molar-refractivity contribution in [2.45, 2.75) is 13.8 Å². The number of carbonyl (C=O) groups excluding carboxylic acids is 1. The Labute approximate surface area is 198 Å². The van der Waals surface area contributed by atoms with E-state index in [4.69, 9.17) is 4.42 Å². The number of benzene rings is 3. The van der Waals surface area contributed by atoms with Crippen LogP contribution < -0.4 is 5.32 Å². The fourth-order valence-electron chi connectivity index (χ4n) is 2.92. The van der Waals surface area contributed by atoms with Crippen LogP contribution in [0.3, 0.4) is 0 Å². The first-order valence-corrected chi connectivity index (χ1v) is 11.4. The SMILES string of the molecule is Cc1ccc(-c2nc3cc(NC(=O)c4cc(Br)cc(Br)c4I)ccc3o2)cc1C. The lowest BCUT2D eigenvalue weighted by Crippen LogP contribution is -2.13. The minimum atomic E-state index is -0.186. The summed E-state index contributed by atoms with van der Waals surface area (Å²) in [5.74, 6) is 0.380. The third kappa shape index (κ3) is 4.27. The number of carbonyl (C=O) groups is 1. The van der Waals surface area contributed by atoms with Gasteiger partial charge in [-0.25, -0.2) is 4.98 Å². The maximum absolute atomic E-state index is 12.8. The Kier molecular flexibility index (Phi) is 5.81. The van der Waals surface area contributed by atoms with Crippen molar-refractivity contribution in [2.24, 2.45) is 0 Å². The van der Waals surface area contributed by atoms with E-state index < -0.39 is 0 Å². The van der Waals surface area contributed by atoms with E-state index in [0.717, 1.165) is 18.1 Å². The second-order valence-electron chi connectivity index (χ2n) is 6.70. The highest BCUT2D eigenvalue weighted by molar-refractivity contribution is 14.1. The van der Waals surface area contributed by atoms with Gasteiger partial charge in [0.25, 0.3) is 5.91 Å². The summed E-state index contributed by atoms with van der Waals surface area (Å²) in [6, 6.07) is 15.3. The molecule has 7 heteroatoms. The summed E-state index contributed by atoms with van der Waals surface area (Å²) >= 11 is 9.06. The molecule has 0 aliphatic rings. The first-order valence-electron chi connectivity index (χ1n) is 8.76. The first kappa shape index (κ1) is 20.6. The molecular weight excluding hydrogens is 611 g/mol. The second-order valence-corrected chi connectivity index (χ2v) is 9.55. The average Bonchev–Trinajstić information content (AvgIpc) is 3.10. The number of oxazole rings is 1. The molecule has 29 heavy (non-hydrogen) atoms. The molecule has 0 spiro atoms. The zero-order valence-electron chi connectivity index (χ0n) is 15.5. The van der Waals surface area contributed by atoms with Crippen LogP contribution in [0.5, 0.6) is 0 Å². The van der Waals surface area contributed by atoms with Crippen molar-refractivity contribution in [1.82, 2.24) is 4.98 Å². The Morgan fingerprint density at radius 1 is 1.03 bits per heavy atom. The van der Waals surface area contributed by atoms with Gasteiger partial charge in [-0.05, 0) is 106 Å². The molecule has 4 nitrogen and oxygen atoms in total. The van der Waals surface area contributed by atoms with Crippen molar-refractivity contribution in [3.05, 3.63) is 77.7 Å². The van der Waals surface area contributed by atoms with Crippen LogP contribution >= 0.6 is 54.5 Å². The first-order chi connectivity index (χ1) is 13.8. The van der Waals surface area contributed by atoms with Crippen LogP contribution in [0.1, 0.15) is 21.5 Å². The van der Waals surface area contributed by atoms with Gasteiger partial charge in [-0.15, -0.1) is 0 Å². The minimum absolute atomic E-state index is 0.186. The van der Waals surface area contributed by atoms with Crippen LogP contribution in [0.25, 0.3) is 22.6 Å². The number of nitrogens with one attached hydrogen (secondary N) is 1. The van der Waals surface area contributed by atoms with Gasteiger partial charge in [-0.2, -0.15) is 0 Å². The number of rotatable bonds is 3. The minimum Gasteiger partial charge on any atom is -0.436 e. The lowest BCUT2D eigenvalue weighted by Gasteiger charge is -2.09. The Balaban J connectivity index is 1.64. The molecule has 0 aliphatic carbocycles. The summed E-state index contributed by atoms with van der Waals surface area (Å²) in [5, 5.41) is 2.94. The normalized spacial score (nSPS) is 11.1. The standard InChI is InChI=1S/C22H15Br2IN2O2/c1-11-3-4-13(7-12(11)2)22-27-18-10-15(5-6-19(18)29-22)26-21(28)16-8-14(23)9-17(24)20(16)25/h3-10H,1-2H3,(H,26,28). The van der Waals surface area contributed by atoms with Gasteiger partial charge in [0.1, 0.15) is 5.52 Å². The monoisotopic (exact) mass is 624 g/mol. The van der Waals surface area contributed by atoms with Crippen LogP contribution in [0, 0.1) is 17.4 Å². The molecule has 0 bridgehead atoms. The van der Waals surface area contributed by atoms with Crippen molar-refractivity contribution < 1.29 is 9.21 Å². The molecule has 1 N–H and O–H groups in total. The Morgan fingerprint density at radius 2 is 1.83 bits per heavy atom. The Bertz CT molecular complexity index is 1270. The molecule has 0 aliphatic heterocycles. The number of hydrogen-bond acceptors (Lipinski definition) is 3. The van der Waals surface area contributed by atoms with Gasteiger partial charge in [0, 0.05) is 23.8 Å². The lowest BCUT2D eigenvalue weighted by atomic mass is 10.1. The summed E-state index contributed by atoms with van der Waals surface area (Å²) < 4.78 is 8.45. The van der Waals surface area contributed by atoms with E-state index in [1.807, 2.05) is 30.3 Å². The highest BCUT2D eigenvalue weighted by Crippen LogP contribution is 2.30. The average molecular weight is 626 g/mol. The van der Waals surface area contributed by atoms with E-state index >= 15 is 0 Å². The molecule has 1 aromatic heterocycles. The van der Waals surface area contributed by atoms with E-state index in [-0.39, 0.29) is 5.91 Å². The van der Waals surface area contributed by atoms with Gasteiger partial charge in [0.2, 0.25) is 5.89 Å². The quantitative estimate of drug-likeness (QED) is 0.190. The fourth-order valence-corrected chi connectivity index (χ4v) is 4.70. The van der Waals surface area contributed by atoms with Gasteiger partial charge in [-0.1, -0.05) is 22.0 Å². The highest BCUT2D eigenvalue weighted by atomic mass is 127. The third-order valence-electron chi connectivity index (χ3n) is 4.64. The van der Waals surface area contributed by atoms with E-state index in [2.05, 4.69) is 90.7 Å². The predicted octanol–water partition coefficient (Wildman–Crippen LogP) is 7.49. The fraction of sp³-hybridized carbons (Fsp3) is 0.0909. The molecule has 3 aromatic carbocycles. The largest absolute Gasteiger partial charge is 0.436 e. The summed E-state index contributed by atoms with van der Waals surface area (Å²) in [6.07, 6.45) is 0. The summed E-state index contributed by atoms with van der Waals surface area (Å²) in [6.45, 7) is 4.14. The molecule has 0 atom stereocenters. The smallest absolute Gasteiger partial charge is 0.256 e. The van der Waals surface area contributed by atoms with Crippen molar-refractivity contribution in [3.8, 4) is 11.5 Å². The molecule has 0 unspecified atom stereocenters. The topological polar surface area (TPSA) is 55.1 Å². The van der Waals surface area contributed by atoms with E-state index in [1.54, 1.807) is 6.07 Å². The number of hydrogen-bond donors (Lipinski definition) is 1. The van der Waals surface area contributed by atoms with E-state index in [1.165, 1.54) is 11.1 Å². The van der Waals surface area contributed by atoms with Crippen LogP contribution in [0.2, 0.25) is 0 Å². The summed E-state index contributed by atoms with van der Waals surface area (Å²) in [5.41, 5.74) is 5.97. The zero-order valence-corrected chi connectivity index (χ0v) is 20.8. The zero-order chi connectivity index (χ0) is 20.7. The third-order valence-corrected chi connectivity index (χ3v) is 7.62. The van der Waals surface area contributed by atoms with Gasteiger partial charge in [0.05, 0.1) is 5.56 Å².